The van der Waals surface area contributed by atoms with Crippen molar-refractivity contribution in [3.05, 3.63) is 0 Å². The van der Waals surface area contributed by atoms with Gasteiger partial charge in [-0.1, -0.05) is 0 Å². The van der Waals surface area contributed by atoms with Crippen LogP contribution in [0.15, 0.2) is 0 Å². The molecular formula is H6BKLiNa. The van der Waals surface area contributed by atoms with E-state index in [1.54, 1.807) is 0 Å². The maximum absolute atomic E-state index is 0. The molecule has 0 saturated heterocycles. The van der Waals surface area contributed by atoms with Crippen LogP contribution in [0.1, 0.15) is 0 Å². The predicted molar refractivity (Wildman–Crippen MR) is 31.4 cm³/mol. The third-order valence-corrected chi connectivity index (χ3v) is 0. The van der Waals surface area contributed by atoms with E-state index < -0.39 is 0 Å². The summed E-state index contributed by atoms with van der Waals surface area (Å²) in [5.74, 6) is 0. The van der Waals surface area contributed by atoms with Crippen LogP contribution < -0.4 is 0 Å². The average molecular weight is 85.9 g/mol. The van der Waals surface area contributed by atoms with E-state index in [4.69, 9.17) is 0 Å². The first kappa shape index (κ1) is 26.6. The summed E-state index contributed by atoms with van der Waals surface area (Å²) in [6.07, 6.45) is 0. The Labute approximate surface area is 105 Å². The van der Waals surface area contributed by atoms with E-state index in [-0.39, 0.29) is 108 Å². The molecule has 0 fully saturated rings. The van der Waals surface area contributed by atoms with Crippen LogP contribution in [0, 0.1) is 0 Å². The summed E-state index contributed by atoms with van der Waals surface area (Å²) >= 11 is 0. The van der Waals surface area contributed by atoms with E-state index in [9.17, 15) is 0 Å². The molecule has 0 bridgehead atoms. The molecule has 0 aliphatic carbocycles. The Morgan fingerprint density at radius 1 is 1.00 bits per heavy atom. The fourth-order valence-corrected chi connectivity index (χ4v) is 0. The van der Waals surface area contributed by atoms with Crippen LogP contribution >= 0.6 is 0 Å². The van der Waals surface area contributed by atoms with Gasteiger partial charge in [-0.15, -0.1) is 0 Å². The van der Waals surface area contributed by atoms with E-state index >= 15 is 0 Å². The van der Waals surface area contributed by atoms with Crippen molar-refractivity contribution in [1.82, 2.24) is 0 Å². The summed E-state index contributed by atoms with van der Waals surface area (Å²) in [5.41, 5.74) is 0. The summed E-state index contributed by atoms with van der Waals surface area (Å²) in [6, 6.07) is 0. The van der Waals surface area contributed by atoms with Gasteiger partial charge in [0.15, 0.2) is 0 Å². The summed E-state index contributed by atoms with van der Waals surface area (Å²) in [6.45, 7) is 0. The second-order valence-corrected chi connectivity index (χ2v) is 0. The molecule has 0 rings (SSSR count). The van der Waals surface area contributed by atoms with Crippen LogP contribution in [0.4, 0.5) is 0 Å². The Balaban J connectivity index is 0. The molecular weight excluding hydrogens is 79.8 g/mol. The Morgan fingerprint density at radius 3 is 1.00 bits per heavy atom. The van der Waals surface area contributed by atoms with Crippen molar-refractivity contribution in [2.45, 2.75) is 0 Å². The van der Waals surface area contributed by atoms with Gasteiger partial charge in [0, 0.05) is 0 Å². The SMILES string of the molecule is B.[KH].[LiH].[NaH]. The molecule has 0 aromatic heterocycles. The van der Waals surface area contributed by atoms with Gasteiger partial charge in [0.2, 0.25) is 0 Å². The Kier molecular flexibility index (Phi) is 108. The number of rotatable bonds is 0. The third kappa shape index (κ3) is 9.00. The monoisotopic (exact) mass is 86.0 g/mol. The molecule has 0 N–H and O–H groups in total. The first-order valence-electron chi connectivity index (χ1n) is 0. The van der Waals surface area contributed by atoms with Crippen LogP contribution in [0.3, 0.4) is 0 Å². The van der Waals surface area contributed by atoms with Gasteiger partial charge >= 0.3 is 99.8 Å². The van der Waals surface area contributed by atoms with E-state index in [1.807, 2.05) is 0 Å². The van der Waals surface area contributed by atoms with E-state index in [2.05, 4.69) is 0 Å². The zero-order chi connectivity index (χ0) is 0. The molecule has 0 nitrogen and oxygen atoms in total. The summed E-state index contributed by atoms with van der Waals surface area (Å²) in [4.78, 5) is 0. The normalized spacial score (nSPS) is 0. The van der Waals surface area contributed by atoms with Gasteiger partial charge < -0.3 is 0 Å². The van der Waals surface area contributed by atoms with Gasteiger partial charge in [-0.3, -0.25) is 0 Å². The van der Waals surface area contributed by atoms with Crippen molar-refractivity contribution in [3.8, 4) is 0 Å². The fraction of sp³-hybridized carbons (Fsp3) is 0. The Bertz CT molecular complexity index is 8.00. The molecule has 0 atom stereocenters. The van der Waals surface area contributed by atoms with Crippen molar-refractivity contribution < 1.29 is 0 Å². The topological polar surface area (TPSA) is 0 Å². The fourth-order valence-electron chi connectivity index (χ4n) is 0. The van der Waals surface area contributed by atoms with Gasteiger partial charge in [0.05, 0.1) is 8.41 Å². The number of hydrogen-bond acceptors (Lipinski definition) is 0. The minimum atomic E-state index is 0. The molecule has 12 valence electrons. The quantitative estimate of drug-likeness (QED) is 0.273. The van der Waals surface area contributed by atoms with Gasteiger partial charge in [-0.2, -0.15) is 0 Å². The van der Waals surface area contributed by atoms with Crippen LogP contribution in [0.5, 0.6) is 0 Å². The second-order valence-electron chi connectivity index (χ2n) is 0. The van der Waals surface area contributed by atoms with Crippen molar-refractivity contribution in [2.24, 2.45) is 0 Å². The molecule has 0 heterocycles. The van der Waals surface area contributed by atoms with Crippen LogP contribution in [-0.4, -0.2) is 108 Å². The molecule has 0 unspecified atom stereocenters. The molecule has 0 spiro atoms. The molecule has 0 aliphatic heterocycles. The Morgan fingerprint density at radius 2 is 1.00 bits per heavy atom. The van der Waals surface area contributed by atoms with E-state index in [0.717, 1.165) is 0 Å². The standard InChI is InChI=1S/BH3.K.Li.Na.3H/h1H3;;;;;;. The summed E-state index contributed by atoms with van der Waals surface area (Å²) in [5, 5.41) is 0. The van der Waals surface area contributed by atoms with Crippen LogP contribution in [0.25, 0.3) is 0 Å². The van der Waals surface area contributed by atoms with Gasteiger partial charge in [-0.05, 0) is 0 Å². The average Bonchev–Trinajstić information content (AvgIpc) is 0. The molecule has 0 aromatic rings. The first-order valence-corrected chi connectivity index (χ1v) is 0. The second kappa shape index (κ2) is 16.3. The van der Waals surface area contributed by atoms with Crippen LogP contribution in [0.2, 0.25) is 0 Å². The molecule has 0 aromatic carbocycles. The van der Waals surface area contributed by atoms with Crippen molar-refractivity contribution >= 4 is 108 Å². The Hall–Kier alpha value is 3.30. The van der Waals surface area contributed by atoms with Crippen molar-refractivity contribution in [1.29, 1.82) is 0 Å². The van der Waals surface area contributed by atoms with Gasteiger partial charge in [0.25, 0.3) is 0 Å². The minimum absolute atomic E-state index is 0. The predicted octanol–water partition coefficient (Wildman–Crippen LogP) is -3.13. The zero-order valence-corrected chi connectivity index (χ0v) is 0. The molecule has 4 heteroatoms. The third-order valence-electron chi connectivity index (χ3n) is 0. The first-order chi connectivity index (χ1) is 0. The molecule has 0 radical (unpaired) electrons. The molecule has 0 aliphatic rings. The van der Waals surface area contributed by atoms with E-state index in [1.165, 1.54) is 0 Å². The zero-order valence-electron chi connectivity index (χ0n) is 0. The summed E-state index contributed by atoms with van der Waals surface area (Å²) in [7, 11) is 0. The van der Waals surface area contributed by atoms with Crippen molar-refractivity contribution in [3.63, 3.8) is 0 Å². The molecule has 4 heavy (non-hydrogen) atoms. The maximum atomic E-state index is 0. The van der Waals surface area contributed by atoms with Crippen LogP contribution in [-0.2, 0) is 0 Å². The summed E-state index contributed by atoms with van der Waals surface area (Å²) < 4.78 is 0. The van der Waals surface area contributed by atoms with Gasteiger partial charge in [-0.25, -0.2) is 0 Å². The van der Waals surface area contributed by atoms with E-state index in [0.29, 0.717) is 0 Å². The molecule has 0 amide bonds. The van der Waals surface area contributed by atoms with Crippen molar-refractivity contribution in [2.75, 3.05) is 0 Å². The van der Waals surface area contributed by atoms with Gasteiger partial charge in [0.1, 0.15) is 0 Å². The molecule has 0 saturated carbocycles. The number of hydrogen-bond donors (Lipinski definition) is 0.